The summed E-state index contributed by atoms with van der Waals surface area (Å²) in [6.45, 7) is 1.87. The van der Waals surface area contributed by atoms with Gasteiger partial charge in [-0.25, -0.2) is 15.8 Å². The summed E-state index contributed by atoms with van der Waals surface area (Å²) >= 11 is 8.98. The van der Waals surface area contributed by atoms with Crippen molar-refractivity contribution in [3.63, 3.8) is 0 Å². The fourth-order valence-corrected chi connectivity index (χ4v) is 2.98. The van der Waals surface area contributed by atoms with E-state index in [-0.39, 0.29) is 0 Å². The highest BCUT2D eigenvalue weighted by molar-refractivity contribution is 8.00. The first-order chi connectivity index (χ1) is 8.19. The summed E-state index contributed by atoms with van der Waals surface area (Å²) in [6, 6.07) is 3.50. The Hall–Kier alpha value is -0.890. The fraction of sp³-hybridized carbons (Fsp3) is 0.222. The van der Waals surface area contributed by atoms with E-state index in [0.717, 1.165) is 15.9 Å². The third-order valence-corrected chi connectivity index (χ3v) is 4.19. The third-order valence-electron chi connectivity index (χ3n) is 1.91. The van der Waals surface area contributed by atoms with Crippen molar-refractivity contribution in [2.24, 2.45) is 5.84 Å². The van der Waals surface area contributed by atoms with Gasteiger partial charge in [0.2, 0.25) is 0 Å². The van der Waals surface area contributed by atoms with E-state index in [4.69, 9.17) is 17.4 Å². The van der Waals surface area contributed by atoms with Crippen molar-refractivity contribution in [2.45, 2.75) is 17.0 Å². The van der Waals surface area contributed by atoms with E-state index < -0.39 is 0 Å². The van der Waals surface area contributed by atoms with Gasteiger partial charge in [0.25, 0.3) is 0 Å². The van der Waals surface area contributed by atoms with Crippen LogP contribution >= 0.6 is 34.9 Å². The molecule has 0 aromatic carbocycles. The van der Waals surface area contributed by atoms with Crippen LogP contribution in [0.1, 0.15) is 11.5 Å². The Labute approximate surface area is 112 Å². The number of aryl methyl sites for hydroxylation is 1. The quantitative estimate of drug-likeness (QED) is 0.511. The van der Waals surface area contributed by atoms with E-state index in [1.165, 1.54) is 11.5 Å². The number of nitrogens with one attached hydrogen (secondary N) is 1. The molecule has 5 nitrogen and oxygen atoms in total. The van der Waals surface area contributed by atoms with E-state index in [2.05, 4.69) is 19.8 Å². The van der Waals surface area contributed by atoms with Gasteiger partial charge in [0, 0.05) is 5.75 Å². The fourth-order valence-electron chi connectivity index (χ4n) is 1.13. The highest BCUT2D eigenvalue weighted by atomic mass is 35.5. The van der Waals surface area contributed by atoms with Crippen molar-refractivity contribution >= 4 is 40.7 Å². The van der Waals surface area contributed by atoms with Crippen LogP contribution in [0, 0.1) is 6.92 Å². The standard InChI is InChI=1S/C9H10ClN5S2/c1-5-12-9(17-15-5)16-4-7-6(10)2-3-8(13-7)14-11/h2-3H,4,11H2,1H3,(H,13,14). The van der Waals surface area contributed by atoms with Gasteiger partial charge < -0.3 is 5.43 Å². The first-order valence-corrected chi connectivity index (χ1v) is 6.88. The molecule has 90 valence electrons. The highest BCUT2D eigenvalue weighted by Gasteiger charge is 2.07. The van der Waals surface area contributed by atoms with E-state index in [1.54, 1.807) is 23.9 Å². The number of hydrogen-bond donors (Lipinski definition) is 2. The number of pyridine rings is 1. The van der Waals surface area contributed by atoms with E-state index in [9.17, 15) is 0 Å². The number of rotatable bonds is 4. The lowest BCUT2D eigenvalue weighted by Gasteiger charge is -2.04. The van der Waals surface area contributed by atoms with Crippen LogP contribution in [0.25, 0.3) is 0 Å². The molecule has 2 rings (SSSR count). The van der Waals surface area contributed by atoms with Gasteiger partial charge in [-0.15, -0.1) is 0 Å². The van der Waals surface area contributed by atoms with Gasteiger partial charge in [-0.2, -0.15) is 4.37 Å². The summed E-state index contributed by atoms with van der Waals surface area (Å²) in [5.74, 6) is 7.32. The van der Waals surface area contributed by atoms with Crippen LogP contribution in [0.4, 0.5) is 5.82 Å². The van der Waals surface area contributed by atoms with Crippen LogP contribution in [-0.4, -0.2) is 14.3 Å². The van der Waals surface area contributed by atoms with E-state index in [0.29, 0.717) is 16.6 Å². The van der Waals surface area contributed by atoms with Crippen molar-refractivity contribution in [3.05, 3.63) is 28.7 Å². The zero-order valence-corrected chi connectivity index (χ0v) is 11.4. The molecule has 0 radical (unpaired) electrons. The lowest BCUT2D eigenvalue weighted by molar-refractivity contribution is 1.09. The van der Waals surface area contributed by atoms with Crippen LogP contribution in [0.15, 0.2) is 16.5 Å². The van der Waals surface area contributed by atoms with Gasteiger partial charge in [-0.1, -0.05) is 23.4 Å². The average molecular weight is 288 g/mol. The maximum Gasteiger partial charge on any atom is 0.170 e. The van der Waals surface area contributed by atoms with Gasteiger partial charge in [0.05, 0.1) is 10.7 Å². The highest BCUT2D eigenvalue weighted by Crippen LogP contribution is 2.27. The van der Waals surface area contributed by atoms with Crippen LogP contribution in [0.5, 0.6) is 0 Å². The summed E-state index contributed by atoms with van der Waals surface area (Å²) in [4.78, 5) is 8.54. The predicted molar refractivity (Wildman–Crippen MR) is 71.3 cm³/mol. The number of thioether (sulfide) groups is 1. The number of anilines is 1. The van der Waals surface area contributed by atoms with Gasteiger partial charge in [-0.05, 0) is 30.6 Å². The van der Waals surface area contributed by atoms with Gasteiger partial charge in [0.15, 0.2) is 4.34 Å². The molecule has 0 unspecified atom stereocenters. The predicted octanol–water partition coefficient (Wildman–Crippen LogP) is 2.47. The third kappa shape index (κ3) is 3.29. The van der Waals surface area contributed by atoms with Crippen LogP contribution in [0.3, 0.4) is 0 Å². The Kier molecular flexibility index (Phi) is 4.16. The lowest BCUT2D eigenvalue weighted by atomic mass is 10.4. The van der Waals surface area contributed by atoms with Crippen LogP contribution in [-0.2, 0) is 5.75 Å². The number of halogens is 1. The smallest absolute Gasteiger partial charge is 0.170 e. The molecular formula is C9H10ClN5S2. The summed E-state index contributed by atoms with van der Waals surface area (Å²) in [5, 5.41) is 0.623. The zero-order chi connectivity index (χ0) is 12.3. The second-order valence-corrected chi connectivity index (χ2v) is 5.55. The largest absolute Gasteiger partial charge is 0.308 e. The van der Waals surface area contributed by atoms with E-state index in [1.807, 2.05) is 6.92 Å². The molecule has 0 aliphatic heterocycles. The Morgan fingerprint density at radius 3 is 2.94 bits per heavy atom. The number of nitrogen functional groups attached to an aromatic ring is 1. The Balaban J connectivity index is 2.07. The second-order valence-electron chi connectivity index (χ2n) is 3.17. The lowest BCUT2D eigenvalue weighted by Crippen LogP contribution is -2.09. The minimum Gasteiger partial charge on any atom is -0.308 e. The molecule has 0 aliphatic rings. The Morgan fingerprint density at radius 2 is 2.29 bits per heavy atom. The second kappa shape index (κ2) is 5.63. The molecule has 0 fully saturated rings. The Bertz CT molecular complexity index is 516. The summed E-state index contributed by atoms with van der Waals surface area (Å²) < 4.78 is 5.02. The van der Waals surface area contributed by atoms with Gasteiger partial charge in [0.1, 0.15) is 11.6 Å². The monoisotopic (exact) mass is 287 g/mol. The maximum absolute atomic E-state index is 6.05. The number of nitrogens with two attached hydrogens (primary N) is 1. The normalized spacial score (nSPS) is 10.5. The summed E-state index contributed by atoms with van der Waals surface area (Å²) in [7, 11) is 0. The van der Waals surface area contributed by atoms with E-state index >= 15 is 0 Å². The molecule has 0 saturated heterocycles. The van der Waals surface area contributed by atoms with Gasteiger partial charge >= 0.3 is 0 Å². The van der Waals surface area contributed by atoms with Crippen molar-refractivity contribution in [1.82, 2.24) is 14.3 Å². The number of hydrogen-bond acceptors (Lipinski definition) is 7. The van der Waals surface area contributed by atoms with Crippen molar-refractivity contribution in [2.75, 3.05) is 5.43 Å². The summed E-state index contributed by atoms with van der Waals surface area (Å²) in [5.41, 5.74) is 3.27. The molecule has 0 bridgehead atoms. The molecule has 0 spiro atoms. The molecule has 17 heavy (non-hydrogen) atoms. The molecule has 3 N–H and O–H groups in total. The topological polar surface area (TPSA) is 76.7 Å². The summed E-state index contributed by atoms with van der Waals surface area (Å²) in [6.07, 6.45) is 0. The SMILES string of the molecule is Cc1nsc(SCc2nc(NN)ccc2Cl)n1. The molecule has 2 aromatic rings. The molecule has 2 heterocycles. The number of nitrogens with zero attached hydrogens (tertiary/aromatic N) is 3. The van der Waals surface area contributed by atoms with Crippen molar-refractivity contribution < 1.29 is 0 Å². The Morgan fingerprint density at radius 1 is 1.47 bits per heavy atom. The van der Waals surface area contributed by atoms with Crippen LogP contribution in [0.2, 0.25) is 5.02 Å². The molecule has 0 atom stereocenters. The molecule has 8 heteroatoms. The zero-order valence-electron chi connectivity index (χ0n) is 8.98. The van der Waals surface area contributed by atoms with Crippen molar-refractivity contribution in [3.8, 4) is 0 Å². The molecular weight excluding hydrogens is 278 g/mol. The van der Waals surface area contributed by atoms with Crippen molar-refractivity contribution in [1.29, 1.82) is 0 Å². The number of aromatic nitrogens is 3. The molecule has 0 aliphatic carbocycles. The van der Waals surface area contributed by atoms with Crippen LogP contribution < -0.4 is 11.3 Å². The number of hydrazine groups is 1. The molecule has 0 amide bonds. The molecule has 0 saturated carbocycles. The first-order valence-electron chi connectivity index (χ1n) is 4.74. The average Bonchev–Trinajstić information content (AvgIpc) is 2.74. The maximum atomic E-state index is 6.05. The first kappa shape index (κ1) is 12.6. The minimum absolute atomic E-state index is 0.596. The minimum atomic E-state index is 0.596. The van der Waals surface area contributed by atoms with Gasteiger partial charge in [-0.3, -0.25) is 0 Å². The molecule has 2 aromatic heterocycles.